The molecule has 0 aliphatic heterocycles. The minimum atomic E-state index is 0.294. The van der Waals surface area contributed by atoms with Crippen molar-refractivity contribution in [2.75, 3.05) is 7.05 Å². The summed E-state index contributed by atoms with van der Waals surface area (Å²) in [5.41, 5.74) is 2.36. The largest absolute Gasteiger partial charge is 0.312 e. The molecule has 2 rings (SSSR count). The molecule has 2 aromatic rings. The highest BCUT2D eigenvalue weighted by atomic mass is 32.2. The zero-order valence-corrected chi connectivity index (χ0v) is 11.8. The van der Waals surface area contributed by atoms with Crippen LogP contribution >= 0.6 is 11.8 Å². The first kappa shape index (κ1) is 13.1. The highest BCUT2D eigenvalue weighted by molar-refractivity contribution is 7.99. The van der Waals surface area contributed by atoms with Crippen LogP contribution in [0.1, 0.15) is 24.2 Å². The van der Waals surface area contributed by atoms with Crippen LogP contribution in [0.15, 0.2) is 52.4 Å². The predicted octanol–water partition coefficient (Wildman–Crippen LogP) is 3.82. The third kappa shape index (κ3) is 3.34. The molecule has 0 fully saturated rings. The molecule has 0 amide bonds. The minimum absolute atomic E-state index is 0.294. The summed E-state index contributed by atoms with van der Waals surface area (Å²) in [7, 11) is 1.95. The molecule has 0 aliphatic carbocycles. The number of pyridine rings is 1. The van der Waals surface area contributed by atoms with Crippen molar-refractivity contribution in [3.05, 3.63) is 53.9 Å². The lowest BCUT2D eigenvalue weighted by molar-refractivity contribution is 0.631. The van der Waals surface area contributed by atoms with Crippen molar-refractivity contribution < 1.29 is 0 Å². The number of benzene rings is 1. The Kier molecular flexibility index (Phi) is 4.39. The van der Waals surface area contributed by atoms with Crippen molar-refractivity contribution in [3.8, 4) is 0 Å². The monoisotopic (exact) mass is 258 g/mol. The van der Waals surface area contributed by atoms with E-state index in [0.29, 0.717) is 6.04 Å². The van der Waals surface area contributed by atoms with Gasteiger partial charge < -0.3 is 5.32 Å². The van der Waals surface area contributed by atoms with Crippen molar-refractivity contribution in [1.82, 2.24) is 10.3 Å². The summed E-state index contributed by atoms with van der Waals surface area (Å²) in [4.78, 5) is 6.91. The Labute approximate surface area is 113 Å². The Hall–Kier alpha value is -1.32. The van der Waals surface area contributed by atoms with E-state index in [2.05, 4.69) is 60.5 Å². The van der Waals surface area contributed by atoms with E-state index in [1.165, 1.54) is 15.4 Å². The minimum Gasteiger partial charge on any atom is -0.312 e. The SMILES string of the molecule is CNC(C)c1ccc(Sc2cccc(C)c2)cn1. The molecule has 94 valence electrons. The molecule has 0 radical (unpaired) electrons. The zero-order valence-electron chi connectivity index (χ0n) is 11.0. The fraction of sp³-hybridized carbons (Fsp3) is 0.267. The first-order valence-corrected chi connectivity index (χ1v) is 6.88. The average molecular weight is 258 g/mol. The van der Waals surface area contributed by atoms with Crippen molar-refractivity contribution in [2.45, 2.75) is 29.7 Å². The third-order valence-electron chi connectivity index (χ3n) is 2.86. The molecule has 3 heteroatoms. The molecule has 0 saturated heterocycles. The second kappa shape index (κ2) is 6.03. The normalized spacial score (nSPS) is 12.4. The predicted molar refractivity (Wildman–Crippen MR) is 77.0 cm³/mol. The molecule has 1 atom stereocenters. The van der Waals surface area contributed by atoms with Crippen LogP contribution in [-0.2, 0) is 0 Å². The van der Waals surface area contributed by atoms with Gasteiger partial charge in [-0.15, -0.1) is 0 Å². The van der Waals surface area contributed by atoms with E-state index < -0.39 is 0 Å². The summed E-state index contributed by atoms with van der Waals surface area (Å²) in [5, 5.41) is 3.19. The standard InChI is InChI=1S/C15H18N2S/c1-11-5-4-6-13(9-11)18-14-7-8-15(17-10-14)12(2)16-3/h4-10,12,16H,1-3H3. The summed E-state index contributed by atoms with van der Waals surface area (Å²) in [6.45, 7) is 4.22. The third-order valence-corrected chi connectivity index (χ3v) is 3.83. The average Bonchev–Trinajstić information content (AvgIpc) is 2.39. The lowest BCUT2D eigenvalue weighted by atomic mass is 10.2. The number of aromatic nitrogens is 1. The van der Waals surface area contributed by atoms with Crippen LogP contribution in [0.5, 0.6) is 0 Å². The zero-order chi connectivity index (χ0) is 13.0. The number of hydrogen-bond acceptors (Lipinski definition) is 3. The molecule has 1 aromatic heterocycles. The molecular formula is C15H18N2S. The van der Waals surface area contributed by atoms with E-state index in [0.717, 1.165) is 5.69 Å². The quantitative estimate of drug-likeness (QED) is 0.902. The van der Waals surface area contributed by atoms with E-state index in [9.17, 15) is 0 Å². The highest BCUT2D eigenvalue weighted by Crippen LogP contribution is 2.27. The number of hydrogen-bond donors (Lipinski definition) is 1. The first-order valence-electron chi connectivity index (χ1n) is 6.07. The van der Waals surface area contributed by atoms with E-state index in [1.54, 1.807) is 11.8 Å². The lowest BCUT2D eigenvalue weighted by Gasteiger charge is -2.09. The summed E-state index contributed by atoms with van der Waals surface area (Å²) in [6.07, 6.45) is 1.94. The van der Waals surface area contributed by atoms with Gasteiger partial charge in [0.25, 0.3) is 0 Å². The van der Waals surface area contributed by atoms with Gasteiger partial charge in [-0.2, -0.15) is 0 Å². The molecule has 0 bridgehead atoms. The maximum absolute atomic E-state index is 4.48. The number of nitrogens with one attached hydrogen (secondary N) is 1. The van der Waals surface area contributed by atoms with Gasteiger partial charge in [-0.25, -0.2) is 0 Å². The summed E-state index contributed by atoms with van der Waals surface area (Å²) in [5.74, 6) is 0. The molecule has 2 nitrogen and oxygen atoms in total. The fourth-order valence-corrected chi connectivity index (χ4v) is 2.58. The molecule has 0 spiro atoms. The molecule has 0 saturated carbocycles. The number of aryl methyl sites for hydroxylation is 1. The van der Waals surface area contributed by atoms with Gasteiger partial charge in [0.15, 0.2) is 0 Å². The molecule has 1 aromatic carbocycles. The van der Waals surface area contributed by atoms with Crippen molar-refractivity contribution >= 4 is 11.8 Å². The van der Waals surface area contributed by atoms with Gasteiger partial charge in [0.2, 0.25) is 0 Å². The van der Waals surface area contributed by atoms with Crippen LogP contribution < -0.4 is 5.32 Å². The lowest BCUT2D eigenvalue weighted by Crippen LogP contribution is -2.13. The Morgan fingerprint density at radius 3 is 2.61 bits per heavy atom. The molecule has 1 heterocycles. The maximum Gasteiger partial charge on any atom is 0.0571 e. The van der Waals surface area contributed by atoms with Crippen LogP contribution in [0, 0.1) is 6.92 Å². The van der Waals surface area contributed by atoms with Gasteiger partial charge >= 0.3 is 0 Å². The van der Waals surface area contributed by atoms with Gasteiger partial charge in [-0.1, -0.05) is 29.5 Å². The molecule has 1 N–H and O–H groups in total. The Morgan fingerprint density at radius 2 is 2.00 bits per heavy atom. The van der Waals surface area contributed by atoms with Gasteiger partial charge in [0.1, 0.15) is 0 Å². The van der Waals surface area contributed by atoms with Gasteiger partial charge in [-0.3, -0.25) is 4.98 Å². The van der Waals surface area contributed by atoms with E-state index in [4.69, 9.17) is 0 Å². The fourth-order valence-electron chi connectivity index (χ4n) is 1.67. The Bertz CT molecular complexity index is 508. The smallest absolute Gasteiger partial charge is 0.0571 e. The summed E-state index contributed by atoms with van der Waals surface area (Å²) >= 11 is 1.75. The molecule has 18 heavy (non-hydrogen) atoms. The number of nitrogens with zero attached hydrogens (tertiary/aromatic N) is 1. The topological polar surface area (TPSA) is 24.9 Å². The first-order chi connectivity index (χ1) is 8.69. The molecular weight excluding hydrogens is 240 g/mol. The Morgan fingerprint density at radius 1 is 1.17 bits per heavy atom. The second-order valence-corrected chi connectivity index (χ2v) is 5.49. The van der Waals surface area contributed by atoms with Gasteiger partial charge in [0, 0.05) is 22.0 Å². The van der Waals surface area contributed by atoms with Crippen LogP contribution in [0.4, 0.5) is 0 Å². The van der Waals surface area contributed by atoms with Crippen molar-refractivity contribution in [1.29, 1.82) is 0 Å². The second-order valence-electron chi connectivity index (χ2n) is 4.35. The van der Waals surface area contributed by atoms with Gasteiger partial charge in [-0.05, 0) is 45.2 Å². The van der Waals surface area contributed by atoms with Crippen LogP contribution in [0.25, 0.3) is 0 Å². The molecule has 1 unspecified atom stereocenters. The van der Waals surface area contributed by atoms with Gasteiger partial charge in [0.05, 0.1) is 5.69 Å². The van der Waals surface area contributed by atoms with Crippen LogP contribution in [0.3, 0.4) is 0 Å². The van der Waals surface area contributed by atoms with E-state index >= 15 is 0 Å². The Balaban J connectivity index is 2.11. The summed E-state index contributed by atoms with van der Waals surface area (Å²) < 4.78 is 0. The maximum atomic E-state index is 4.48. The van der Waals surface area contributed by atoms with E-state index in [-0.39, 0.29) is 0 Å². The van der Waals surface area contributed by atoms with E-state index in [1.807, 2.05) is 13.2 Å². The molecule has 0 aliphatic rings. The summed E-state index contributed by atoms with van der Waals surface area (Å²) in [6, 6.07) is 13.0. The number of rotatable bonds is 4. The van der Waals surface area contributed by atoms with Crippen molar-refractivity contribution in [3.63, 3.8) is 0 Å². The van der Waals surface area contributed by atoms with Crippen molar-refractivity contribution in [2.24, 2.45) is 0 Å². The highest BCUT2D eigenvalue weighted by Gasteiger charge is 2.04. The van der Waals surface area contributed by atoms with Crippen LogP contribution in [-0.4, -0.2) is 12.0 Å². The van der Waals surface area contributed by atoms with Crippen LogP contribution in [0.2, 0.25) is 0 Å².